The van der Waals surface area contributed by atoms with Gasteiger partial charge in [0.25, 0.3) is 0 Å². The molecule has 3 aromatic rings. The van der Waals surface area contributed by atoms with Crippen molar-refractivity contribution in [1.29, 1.82) is 5.26 Å². The van der Waals surface area contributed by atoms with Crippen molar-refractivity contribution >= 4 is 5.69 Å². The zero-order valence-electron chi connectivity index (χ0n) is 12.1. The molecule has 1 N–H and O–H groups in total. The molecule has 3 rings (SSSR count). The van der Waals surface area contributed by atoms with Gasteiger partial charge >= 0.3 is 0 Å². The fourth-order valence-corrected chi connectivity index (χ4v) is 2.06. The standard InChI is InChI=1S/C17H14N4O/c1-12-3-2-4-14(9-12)17-21-20-16(22-17)11-19-15-7-5-13(10-18)6-8-15/h2-9,19H,11H2,1H3. The average molecular weight is 290 g/mol. The molecule has 5 heteroatoms. The van der Waals surface area contributed by atoms with Gasteiger partial charge in [-0.25, -0.2) is 0 Å². The first kappa shape index (κ1) is 13.8. The monoisotopic (exact) mass is 290 g/mol. The Morgan fingerprint density at radius 3 is 2.68 bits per heavy atom. The number of benzene rings is 2. The van der Waals surface area contributed by atoms with Crippen molar-refractivity contribution in [3.05, 3.63) is 65.5 Å². The number of nitrogens with zero attached hydrogens (tertiary/aromatic N) is 3. The van der Waals surface area contributed by atoms with E-state index in [1.807, 2.05) is 43.3 Å². The molecule has 0 atom stereocenters. The average Bonchev–Trinajstić information content (AvgIpc) is 3.02. The van der Waals surface area contributed by atoms with Gasteiger partial charge in [0.15, 0.2) is 0 Å². The Kier molecular flexibility index (Phi) is 3.84. The highest BCUT2D eigenvalue weighted by molar-refractivity contribution is 5.53. The first-order chi connectivity index (χ1) is 10.7. The minimum atomic E-state index is 0.435. The van der Waals surface area contributed by atoms with Gasteiger partial charge in [-0.15, -0.1) is 10.2 Å². The second kappa shape index (κ2) is 6.10. The third-order valence-corrected chi connectivity index (χ3v) is 3.19. The van der Waals surface area contributed by atoms with Crippen molar-refractivity contribution in [3.63, 3.8) is 0 Å². The summed E-state index contributed by atoms with van der Waals surface area (Å²) in [4.78, 5) is 0. The normalized spacial score (nSPS) is 10.2. The van der Waals surface area contributed by atoms with Crippen LogP contribution in [0.4, 0.5) is 5.69 Å². The van der Waals surface area contributed by atoms with Gasteiger partial charge in [-0.3, -0.25) is 0 Å². The Labute approximate surface area is 128 Å². The summed E-state index contributed by atoms with van der Waals surface area (Å²) in [7, 11) is 0. The number of hydrogen-bond donors (Lipinski definition) is 1. The molecule has 0 saturated carbocycles. The van der Waals surface area contributed by atoms with Gasteiger partial charge in [0.1, 0.15) is 0 Å². The van der Waals surface area contributed by atoms with Crippen molar-refractivity contribution in [2.75, 3.05) is 5.32 Å². The molecule has 0 saturated heterocycles. The van der Waals surface area contributed by atoms with E-state index < -0.39 is 0 Å². The molecule has 0 aliphatic carbocycles. The van der Waals surface area contributed by atoms with Gasteiger partial charge in [0.2, 0.25) is 11.8 Å². The van der Waals surface area contributed by atoms with E-state index in [0.717, 1.165) is 16.8 Å². The highest BCUT2D eigenvalue weighted by Crippen LogP contribution is 2.19. The topological polar surface area (TPSA) is 74.7 Å². The quantitative estimate of drug-likeness (QED) is 0.795. The Hall–Kier alpha value is -3.13. The molecule has 0 aliphatic heterocycles. The summed E-state index contributed by atoms with van der Waals surface area (Å²) in [5.74, 6) is 1.03. The van der Waals surface area contributed by atoms with Gasteiger partial charge in [0, 0.05) is 11.3 Å². The van der Waals surface area contributed by atoms with Crippen molar-refractivity contribution in [2.45, 2.75) is 13.5 Å². The predicted molar refractivity (Wildman–Crippen MR) is 83.0 cm³/mol. The minimum absolute atomic E-state index is 0.435. The maximum absolute atomic E-state index is 8.76. The molecule has 0 spiro atoms. The van der Waals surface area contributed by atoms with E-state index in [1.165, 1.54) is 0 Å². The molecule has 0 bridgehead atoms. The second-order valence-corrected chi connectivity index (χ2v) is 4.91. The van der Waals surface area contributed by atoms with Crippen LogP contribution < -0.4 is 5.32 Å². The number of rotatable bonds is 4. The smallest absolute Gasteiger partial charge is 0.247 e. The SMILES string of the molecule is Cc1cccc(-c2nnc(CNc3ccc(C#N)cc3)o2)c1. The molecule has 1 aromatic heterocycles. The van der Waals surface area contributed by atoms with Gasteiger partial charge in [-0.1, -0.05) is 17.7 Å². The van der Waals surface area contributed by atoms with Gasteiger partial charge in [-0.05, 0) is 43.3 Å². The minimum Gasteiger partial charge on any atom is -0.419 e. The third kappa shape index (κ3) is 3.13. The molecule has 2 aromatic carbocycles. The molecule has 0 amide bonds. The molecule has 5 nitrogen and oxygen atoms in total. The van der Waals surface area contributed by atoms with Crippen molar-refractivity contribution in [2.24, 2.45) is 0 Å². The van der Waals surface area contributed by atoms with Crippen LogP contribution in [-0.2, 0) is 6.54 Å². The number of anilines is 1. The number of hydrogen-bond acceptors (Lipinski definition) is 5. The lowest BCUT2D eigenvalue weighted by Crippen LogP contribution is -1.99. The largest absolute Gasteiger partial charge is 0.419 e. The van der Waals surface area contributed by atoms with Gasteiger partial charge in [-0.2, -0.15) is 5.26 Å². The molecule has 0 aliphatic rings. The Bertz CT molecular complexity index is 815. The predicted octanol–water partition coefficient (Wildman–Crippen LogP) is 3.53. The molecule has 0 fully saturated rings. The summed E-state index contributed by atoms with van der Waals surface area (Å²) in [5, 5.41) is 20.1. The van der Waals surface area contributed by atoms with Crippen LogP contribution in [0.2, 0.25) is 0 Å². The van der Waals surface area contributed by atoms with Crippen LogP contribution in [-0.4, -0.2) is 10.2 Å². The van der Waals surface area contributed by atoms with Gasteiger partial charge in [0.05, 0.1) is 18.2 Å². The van der Waals surface area contributed by atoms with E-state index in [0.29, 0.717) is 23.9 Å². The summed E-state index contributed by atoms with van der Waals surface area (Å²) in [5.41, 5.74) is 3.59. The van der Waals surface area contributed by atoms with Crippen LogP contribution in [0.15, 0.2) is 52.9 Å². The highest BCUT2D eigenvalue weighted by atomic mass is 16.4. The van der Waals surface area contributed by atoms with E-state index in [9.17, 15) is 0 Å². The lowest BCUT2D eigenvalue weighted by molar-refractivity contribution is 0.515. The van der Waals surface area contributed by atoms with E-state index in [2.05, 4.69) is 21.6 Å². The first-order valence-electron chi connectivity index (χ1n) is 6.88. The molecular formula is C17H14N4O. The van der Waals surface area contributed by atoms with Crippen LogP contribution >= 0.6 is 0 Å². The first-order valence-corrected chi connectivity index (χ1v) is 6.88. The van der Waals surface area contributed by atoms with E-state index in [1.54, 1.807) is 12.1 Å². The van der Waals surface area contributed by atoms with E-state index in [4.69, 9.17) is 9.68 Å². The lowest BCUT2D eigenvalue weighted by atomic mass is 10.1. The summed E-state index contributed by atoms with van der Waals surface area (Å²) in [6, 6.07) is 17.2. The second-order valence-electron chi connectivity index (χ2n) is 4.91. The van der Waals surface area contributed by atoms with Crippen LogP contribution in [0.25, 0.3) is 11.5 Å². The zero-order valence-corrected chi connectivity index (χ0v) is 12.1. The summed E-state index contributed by atoms with van der Waals surface area (Å²) >= 11 is 0. The third-order valence-electron chi connectivity index (χ3n) is 3.19. The Balaban J connectivity index is 1.68. The summed E-state index contributed by atoms with van der Waals surface area (Å²) < 4.78 is 5.65. The van der Waals surface area contributed by atoms with Crippen LogP contribution in [0.5, 0.6) is 0 Å². The van der Waals surface area contributed by atoms with E-state index in [-0.39, 0.29) is 0 Å². The molecule has 108 valence electrons. The van der Waals surface area contributed by atoms with Crippen molar-refractivity contribution in [1.82, 2.24) is 10.2 Å². The van der Waals surface area contributed by atoms with Crippen molar-refractivity contribution in [3.8, 4) is 17.5 Å². The van der Waals surface area contributed by atoms with Crippen LogP contribution in [0, 0.1) is 18.3 Å². The summed E-state index contributed by atoms with van der Waals surface area (Å²) in [6.45, 7) is 2.46. The zero-order chi connectivity index (χ0) is 15.4. The fourth-order valence-electron chi connectivity index (χ4n) is 2.06. The lowest BCUT2D eigenvalue weighted by Gasteiger charge is -2.02. The van der Waals surface area contributed by atoms with Gasteiger partial charge < -0.3 is 9.73 Å². The highest BCUT2D eigenvalue weighted by Gasteiger charge is 2.08. The number of aromatic nitrogens is 2. The van der Waals surface area contributed by atoms with Crippen LogP contribution in [0.3, 0.4) is 0 Å². The molecule has 0 unspecified atom stereocenters. The summed E-state index contributed by atoms with van der Waals surface area (Å²) in [6.07, 6.45) is 0. The molecule has 0 radical (unpaired) electrons. The maximum atomic E-state index is 8.76. The van der Waals surface area contributed by atoms with Crippen LogP contribution in [0.1, 0.15) is 17.0 Å². The Morgan fingerprint density at radius 2 is 1.95 bits per heavy atom. The fraction of sp³-hybridized carbons (Fsp3) is 0.118. The number of nitriles is 1. The number of aryl methyl sites for hydroxylation is 1. The van der Waals surface area contributed by atoms with Crippen molar-refractivity contribution < 1.29 is 4.42 Å². The maximum Gasteiger partial charge on any atom is 0.247 e. The van der Waals surface area contributed by atoms with E-state index >= 15 is 0 Å². The molecule has 1 heterocycles. The number of nitrogens with one attached hydrogen (secondary N) is 1. The molecule has 22 heavy (non-hydrogen) atoms. The Morgan fingerprint density at radius 1 is 1.14 bits per heavy atom. The molecular weight excluding hydrogens is 276 g/mol.